The Kier molecular flexibility index (Phi) is 5.46. The van der Waals surface area contributed by atoms with E-state index in [0.29, 0.717) is 22.6 Å². The minimum Gasteiger partial charge on any atom is -0.493 e. The lowest BCUT2D eigenvalue weighted by Gasteiger charge is -2.13. The molecule has 1 unspecified atom stereocenters. The molecule has 0 spiro atoms. The SMILES string of the molecule is COc1ccc(C(=O)C(O)c2ccc(SC)cc2)cc1OC. The molecule has 116 valence electrons. The molecule has 0 bridgehead atoms. The summed E-state index contributed by atoms with van der Waals surface area (Å²) in [4.78, 5) is 13.5. The normalized spacial score (nSPS) is 11.8. The van der Waals surface area contributed by atoms with E-state index >= 15 is 0 Å². The van der Waals surface area contributed by atoms with Crippen LogP contribution in [0.1, 0.15) is 22.0 Å². The second-order valence-corrected chi connectivity index (χ2v) is 5.49. The molecule has 0 aliphatic rings. The van der Waals surface area contributed by atoms with Gasteiger partial charge in [-0.2, -0.15) is 0 Å². The maximum Gasteiger partial charge on any atom is 0.195 e. The third-order valence-electron chi connectivity index (χ3n) is 3.35. The molecule has 0 heterocycles. The van der Waals surface area contributed by atoms with Gasteiger partial charge in [-0.05, 0) is 42.2 Å². The fraction of sp³-hybridized carbons (Fsp3) is 0.235. The lowest BCUT2D eigenvalue weighted by Crippen LogP contribution is -2.12. The number of benzene rings is 2. The van der Waals surface area contributed by atoms with Crippen LogP contribution in [0.4, 0.5) is 0 Å². The molecule has 5 heteroatoms. The molecule has 0 amide bonds. The monoisotopic (exact) mass is 318 g/mol. The van der Waals surface area contributed by atoms with E-state index in [1.165, 1.54) is 14.2 Å². The number of methoxy groups -OCH3 is 2. The van der Waals surface area contributed by atoms with Crippen LogP contribution in [0.5, 0.6) is 11.5 Å². The molecule has 0 aliphatic carbocycles. The van der Waals surface area contributed by atoms with Crippen LogP contribution in [-0.4, -0.2) is 31.4 Å². The van der Waals surface area contributed by atoms with E-state index in [1.807, 2.05) is 18.4 Å². The molecule has 1 atom stereocenters. The van der Waals surface area contributed by atoms with E-state index in [1.54, 1.807) is 42.1 Å². The van der Waals surface area contributed by atoms with Crippen LogP contribution < -0.4 is 9.47 Å². The van der Waals surface area contributed by atoms with Crippen LogP contribution in [0, 0.1) is 0 Å². The van der Waals surface area contributed by atoms with Crippen LogP contribution in [-0.2, 0) is 0 Å². The first-order valence-corrected chi connectivity index (χ1v) is 7.91. The number of ketones is 1. The van der Waals surface area contributed by atoms with Gasteiger partial charge < -0.3 is 14.6 Å². The van der Waals surface area contributed by atoms with Crippen molar-refractivity contribution >= 4 is 17.5 Å². The van der Waals surface area contributed by atoms with E-state index < -0.39 is 6.10 Å². The van der Waals surface area contributed by atoms with Crippen molar-refractivity contribution in [2.45, 2.75) is 11.0 Å². The summed E-state index contributed by atoms with van der Waals surface area (Å²) in [7, 11) is 3.03. The van der Waals surface area contributed by atoms with Crippen molar-refractivity contribution in [1.82, 2.24) is 0 Å². The van der Waals surface area contributed by atoms with Crippen molar-refractivity contribution in [1.29, 1.82) is 0 Å². The molecule has 0 aromatic heterocycles. The summed E-state index contributed by atoms with van der Waals surface area (Å²) in [5.74, 6) is 0.619. The number of Topliss-reactive ketones (excluding diaryl/α,β-unsaturated/α-hetero) is 1. The summed E-state index contributed by atoms with van der Waals surface area (Å²) < 4.78 is 10.3. The average molecular weight is 318 g/mol. The van der Waals surface area contributed by atoms with Crippen molar-refractivity contribution in [3.8, 4) is 11.5 Å². The van der Waals surface area contributed by atoms with Gasteiger partial charge in [-0.15, -0.1) is 11.8 Å². The zero-order valence-electron chi connectivity index (χ0n) is 12.7. The fourth-order valence-electron chi connectivity index (χ4n) is 2.08. The Balaban J connectivity index is 2.26. The molecule has 0 aliphatic heterocycles. The molecule has 0 radical (unpaired) electrons. The number of thioether (sulfide) groups is 1. The Labute approximate surface area is 134 Å². The lowest BCUT2D eigenvalue weighted by molar-refractivity contribution is 0.0747. The number of hydrogen-bond donors (Lipinski definition) is 1. The number of carbonyl (C=O) groups excluding carboxylic acids is 1. The van der Waals surface area contributed by atoms with E-state index in [9.17, 15) is 9.90 Å². The predicted molar refractivity (Wildman–Crippen MR) is 87.1 cm³/mol. The van der Waals surface area contributed by atoms with Gasteiger partial charge in [0.2, 0.25) is 0 Å². The van der Waals surface area contributed by atoms with Gasteiger partial charge in [-0.1, -0.05) is 12.1 Å². The standard InChI is InChI=1S/C17H18O4S/c1-20-14-9-6-12(10-15(14)21-2)17(19)16(18)11-4-7-13(22-3)8-5-11/h4-10,16,18H,1-3H3. The molecule has 0 saturated carbocycles. The van der Waals surface area contributed by atoms with Gasteiger partial charge in [-0.25, -0.2) is 0 Å². The Hall–Kier alpha value is -1.98. The summed E-state index contributed by atoms with van der Waals surface area (Å²) in [5.41, 5.74) is 0.941. The maximum atomic E-state index is 12.4. The molecule has 2 aromatic carbocycles. The minimum absolute atomic E-state index is 0.374. The summed E-state index contributed by atoms with van der Waals surface area (Å²) in [6, 6.07) is 12.1. The first kappa shape index (κ1) is 16.4. The predicted octanol–water partition coefficient (Wildman–Crippen LogP) is 3.34. The number of hydrogen-bond acceptors (Lipinski definition) is 5. The van der Waals surface area contributed by atoms with Crippen LogP contribution in [0.15, 0.2) is 47.4 Å². The van der Waals surface area contributed by atoms with Crippen LogP contribution in [0.25, 0.3) is 0 Å². The fourth-order valence-corrected chi connectivity index (χ4v) is 2.49. The smallest absolute Gasteiger partial charge is 0.195 e. The highest BCUT2D eigenvalue weighted by atomic mass is 32.2. The summed E-state index contributed by atoms with van der Waals surface area (Å²) >= 11 is 1.61. The number of aliphatic hydroxyl groups excluding tert-OH is 1. The third-order valence-corrected chi connectivity index (χ3v) is 4.09. The quantitative estimate of drug-likeness (QED) is 0.654. The van der Waals surface area contributed by atoms with Gasteiger partial charge in [0.1, 0.15) is 6.10 Å². The molecule has 22 heavy (non-hydrogen) atoms. The first-order chi connectivity index (χ1) is 10.6. The molecular weight excluding hydrogens is 300 g/mol. The van der Waals surface area contributed by atoms with Crippen molar-refractivity contribution in [3.63, 3.8) is 0 Å². The van der Waals surface area contributed by atoms with Crippen LogP contribution in [0.2, 0.25) is 0 Å². The molecule has 0 saturated heterocycles. The zero-order chi connectivity index (χ0) is 16.1. The third kappa shape index (κ3) is 3.43. The Morgan fingerprint density at radius 1 is 1.05 bits per heavy atom. The summed E-state index contributed by atoms with van der Waals surface area (Å²) in [5, 5.41) is 10.3. The lowest BCUT2D eigenvalue weighted by atomic mass is 10.00. The molecule has 2 aromatic rings. The number of ether oxygens (including phenoxy) is 2. The highest BCUT2D eigenvalue weighted by molar-refractivity contribution is 7.98. The van der Waals surface area contributed by atoms with E-state index in [2.05, 4.69) is 0 Å². The van der Waals surface area contributed by atoms with Gasteiger partial charge in [0, 0.05) is 10.5 Å². The van der Waals surface area contributed by atoms with Gasteiger partial charge in [0.15, 0.2) is 17.3 Å². The summed E-state index contributed by atoms with van der Waals surface area (Å²) in [6.45, 7) is 0. The van der Waals surface area contributed by atoms with E-state index in [0.717, 1.165) is 4.90 Å². The van der Waals surface area contributed by atoms with Crippen molar-refractivity contribution in [2.75, 3.05) is 20.5 Å². The molecule has 1 N–H and O–H groups in total. The van der Waals surface area contributed by atoms with E-state index in [-0.39, 0.29) is 5.78 Å². The second-order valence-electron chi connectivity index (χ2n) is 4.61. The minimum atomic E-state index is -1.20. The Morgan fingerprint density at radius 3 is 2.23 bits per heavy atom. The molecule has 2 rings (SSSR count). The van der Waals surface area contributed by atoms with E-state index in [4.69, 9.17) is 9.47 Å². The highest BCUT2D eigenvalue weighted by Crippen LogP contribution is 2.30. The Morgan fingerprint density at radius 2 is 1.68 bits per heavy atom. The Bertz CT molecular complexity index is 652. The summed E-state index contributed by atoms with van der Waals surface area (Å²) in [6.07, 6.45) is 0.772. The van der Waals surface area contributed by atoms with Crippen molar-refractivity contribution < 1.29 is 19.4 Å². The zero-order valence-corrected chi connectivity index (χ0v) is 13.5. The number of rotatable bonds is 6. The van der Waals surface area contributed by atoms with Crippen molar-refractivity contribution in [2.24, 2.45) is 0 Å². The molecule has 0 fully saturated rings. The highest BCUT2D eigenvalue weighted by Gasteiger charge is 2.20. The van der Waals surface area contributed by atoms with Gasteiger partial charge in [0.25, 0.3) is 0 Å². The van der Waals surface area contributed by atoms with Gasteiger partial charge in [-0.3, -0.25) is 4.79 Å². The van der Waals surface area contributed by atoms with Gasteiger partial charge in [0.05, 0.1) is 14.2 Å². The van der Waals surface area contributed by atoms with Crippen molar-refractivity contribution in [3.05, 3.63) is 53.6 Å². The molecular formula is C17H18O4S. The average Bonchev–Trinajstić information content (AvgIpc) is 2.59. The maximum absolute atomic E-state index is 12.4. The second kappa shape index (κ2) is 7.33. The van der Waals surface area contributed by atoms with Gasteiger partial charge >= 0.3 is 0 Å². The number of aliphatic hydroxyl groups is 1. The van der Waals surface area contributed by atoms with Crippen LogP contribution in [0.3, 0.4) is 0 Å². The first-order valence-electron chi connectivity index (χ1n) is 6.69. The topological polar surface area (TPSA) is 55.8 Å². The molecule has 4 nitrogen and oxygen atoms in total. The largest absolute Gasteiger partial charge is 0.493 e. The van der Waals surface area contributed by atoms with Crippen LogP contribution >= 0.6 is 11.8 Å². The number of carbonyl (C=O) groups is 1.